The number of fused-ring (bicyclic) bond motifs is 2. The van der Waals surface area contributed by atoms with Crippen LogP contribution in [0.5, 0.6) is 0 Å². The summed E-state index contributed by atoms with van der Waals surface area (Å²) in [7, 11) is 0. The highest BCUT2D eigenvalue weighted by molar-refractivity contribution is 6.30. The zero-order chi connectivity index (χ0) is 21.6. The molecule has 0 N–H and O–H groups in total. The molecule has 0 saturated heterocycles. The highest BCUT2D eigenvalue weighted by Gasteiger charge is 2.30. The second-order valence-corrected chi connectivity index (χ2v) is 7.48. The Morgan fingerprint density at radius 1 is 1.33 bits per heavy atom. The Hall–Kier alpha value is -2.83. The van der Waals surface area contributed by atoms with Crippen LogP contribution in [0.2, 0.25) is 5.28 Å². The van der Waals surface area contributed by atoms with E-state index in [1.807, 2.05) is 6.07 Å². The molecule has 1 amide bonds. The summed E-state index contributed by atoms with van der Waals surface area (Å²) in [5, 5.41) is 16.7. The molecule has 1 aliphatic rings. The molecule has 7 nitrogen and oxygen atoms in total. The number of nitrogens with zero attached hydrogens (tertiary/aromatic N) is 6. The van der Waals surface area contributed by atoms with Gasteiger partial charge in [0, 0.05) is 0 Å². The van der Waals surface area contributed by atoms with Gasteiger partial charge in [-0.15, -0.1) is 21.8 Å². The molecule has 3 aromatic rings. The molecule has 0 unspecified atom stereocenters. The Morgan fingerprint density at radius 2 is 2.07 bits per heavy atom. The van der Waals surface area contributed by atoms with Crippen molar-refractivity contribution in [3.63, 3.8) is 0 Å². The van der Waals surface area contributed by atoms with Crippen molar-refractivity contribution in [1.29, 1.82) is 5.26 Å². The first-order valence-corrected chi connectivity index (χ1v) is 9.94. The Kier molecular flexibility index (Phi) is 5.30. The second-order valence-electron chi connectivity index (χ2n) is 6.87. The smallest absolute Gasteiger partial charge is 0.243 e. The standard InChI is InChI=1S/C19H14Cl2F2N6O/c1-9-10-3-2-4-11(10)15(22)12(6-24)13(9)7-28(14(30)5-20)17-16(23)18-27-25-8-29(18)19(21)26-17/h8H,2-5,7H2,1H3. The number of carbonyl (C=O) groups excluding carboxylic acids is 1. The molecule has 2 aromatic heterocycles. The van der Waals surface area contributed by atoms with Gasteiger partial charge < -0.3 is 0 Å². The summed E-state index contributed by atoms with van der Waals surface area (Å²) >= 11 is 11.8. The van der Waals surface area contributed by atoms with Gasteiger partial charge in [0.05, 0.1) is 12.1 Å². The van der Waals surface area contributed by atoms with Crippen LogP contribution >= 0.6 is 23.2 Å². The predicted molar refractivity (Wildman–Crippen MR) is 106 cm³/mol. The van der Waals surface area contributed by atoms with Gasteiger partial charge >= 0.3 is 0 Å². The van der Waals surface area contributed by atoms with Crippen molar-refractivity contribution in [3.8, 4) is 6.07 Å². The van der Waals surface area contributed by atoms with Crippen molar-refractivity contribution in [2.75, 3.05) is 10.8 Å². The van der Waals surface area contributed by atoms with E-state index in [2.05, 4.69) is 15.2 Å². The zero-order valence-corrected chi connectivity index (χ0v) is 17.2. The topological polar surface area (TPSA) is 87.2 Å². The molecular weight excluding hydrogens is 437 g/mol. The number of anilines is 1. The average molecular weight is 451 g/mol. The lowest BCUT2D eigenvalue weighted by molar-refractivity contribution is -0.116. The third-order valence-electron chi connectivity index (χ3n) is 5.35. The molecular formula is C19H14Cl2F2N6O. The van der Waals surface area contributed by atoms with Gasteiger partial charge in [0.15, 0.2) is 5.82 Å². The van der Waals surface area contributed by atoms with E-state index in [-0.39, 0.29) is 28.6 Å². The van der Waals surface area contributed by atoms with Gasteiger partial charge in [0.25, 0.3) is 0 Å². The molecule has 0 fully saturated rings. The van der Waals surface area contributed by atoms with E-state index in [4.69, 9.17) is 23.2 Å². The summed E-state index contributed by atoms with van der Waals surface area (Å²) < 4.78 is 31.2. The Labute approximate surface area is 179 Å². The number of aromatic nitrogens is 4. The monoisotopic (exact) mass is 450 g/mol. The van der Waals surface area contributed by atoms with Crippen LogP contribution in [-0.2, 0) is 24.2 Å². The summed E-state index contributed by atoms with van der Waals surface area (Å²) in [6, 6.07) is 1.89. The van der Waals surface area contributed by atoms with Crippen molar-refractivity contribution in [1.82, 2.24) is 19.6 Å². The van der Waals surface area contributed by atoms with Gasteiger partial charge in [-0.25, -0.2) is 4.39 Å². The van der Waals surface area contributed by atoms with Crippen LogP contribution in [0.25, 0.3) is 5.65 Å². The normalized spacial score (nSPS) is 12.8. The number of carbonyl (C=O) groups is 1. The van der Waals surface area contributed by atoms with Crippen molar-refractivity contribution in [2.45, 2.75) is 32.7 Å². The minimum atomic E-state index is -0.937. The fraction of sp³-hybridized carbons (Fsp3) is 0.316. The zero-order valence-electron chi connectivity index (χ0n) is 15.7. The molecule has 2 heterocycles. The fourth-order valence-corrected chi connectivity index (χ4v) is 4.22. The van der Waals surface area contributed by atoms with Gasteiger partial charge in [0.1, 0.15) is 24.1 Å². The molecule has 1 aromatic carbocycles. The molecule has 0 saturated carbocycles. The molecule has 30 heavy (non-hydrogen) atoms. The number of benzene rings is 1. The van der Waals surface area contributed by atoms with Gasteiger partial charge in [-0.2, -0.15) is 14.6 Å². The number of alkyl halides is 1. The lowest BCUT2D eigenvalue weighted by Crippen LogP contribution is -2.34. The molecule has 0 spiro atoms. The second kappa shape index (κ2) is 7.78. The molecule has 4 rings (SSSR count). The molecule has 154 valence electrons. The van der Waals surface area contributed by atoms with Crippen LogP contribution < -0.4 is 4.90 Å². The summed E-state index contributed by atoms with van der Waals surface area (Å²) in [5.41, 5.74) is 1.93. The molecule has 1 aliphatic carbocycles. The van der Waals surface area contributed by atoms with Crippen molar-refractivity contribution >= 4 is 40.6 Å². The highest BCUT2D eigenvalue weighted by Crippen LogP contribution is 2.35. The number of nitriles is 1. The van der Waals surface area contributed by atoms with E-state index in [1.54, 1.807) is 6.92 Å². The number of hydrogen-bond donors (Lipinski definition) is 0. The van der Waals surface area contributed by atoms with Crippen LogP contribution in [0.1, 0.15) is 34.2 Å². The Balaban J connectivity index is 1.90. The number of halogens is 4. The van der Waals surface area contributed by atoms with E-state index >= 15 is 4.39 Å². The van der Waals surface area contributed by atoms with Crippen molar-refractivity contribution in [2.24, 2.45) is 0 Å². The third-order valence-corrected chi connectivity index (χ3v) is 5.84. The first-order chi connectivity index (χ1) is 14.4. The average Bonchev–Trinajstić information content (AvgIpc) is 3.42. The summed E-state index contributed by atoms with van der Waals surface area (Å²) in [5.74, 6) is -3.12. The van der Waals surface area contributed by atoms with Crippen LogP contribution in [0, 0.1) is 29.9 Å². The van der Waals surface area contributed by atoms with Crippen LogP contribution in [-0.4, -0.2) is 31.4 Å². The first kappa shape index (κ1) is 20.4. The minimum absolute atomic E-state index is 0.170. The molecule has 0 bridgehead atoms. The van der Waals surface area contributed by atoms with E-state index in [0.717, 1.165) is 21.3 Å². The summed E-state index contributed by atoms with van der Waals surface area (Å²) in [6.45, 7) is 1.47. The van der Waals surface area contributed by atoms with Gasteiger partial charge in [-0.3, -0.25) is 14.1 Å². The highest BCUT2D eigenvalue weighted by atomic mass is 35.5. The van der Waals surface area contributed by atoms with Gasteiger partial charge in [-0.05, 0) is 60.0 Å². The number of rotatable bonds is 4. The Bertz CT molecular complexity index is 1240. The van der Waals surface area contributed by atoms with E-state index < -0.39 is 29.2 Å². The van der Waals surface area contributed by atoms with E-state index in [0.29, 0.717) is 24.0 Å². The maximum Gasteiger partial charge on any atom is 0.243 e. The molecule has 11 heteroatoms. The molecule has 0 radical (unpaired) electrons. The van der Waals surface area contributed by atoms with Gasteiger partial charge in [0.2, 0.25) is 22.7 Å². The lowest BCUT2D eigenvalue weighted by atomic mass is 9.93. The minimum Gasteiger partial charge on any atom is -0.289 e. The van der Waals surface area contributed by atoms with Crippen LogP contribution in [0.4, 0.5) is 14.6 Å². The predicted octanol–water partition coefficient (Wildman–Crippen LogP) is 3.50. The lowest BCUT2D eigenvalue weighted by Gasteiger charge is -2.24. The maximum atomic E-state index is 15.1. The molecule has 0 aliphatic heterocycles. The van der Waals surface area contributed by atoms with E-state index in [9.17, 15) is 14.4 Å². The number of hydrogen-bond acceptors (Lipinski definition) is 5. The summed E-state index contributed by atoms with van der Waals surface area (Å²) in [4.78, 5) is 17.5. The van der Waals surface area contributed by atoms with Crippen molar-refractivity contribution in [3.05, 3.63) is 51.1 Å². The third kappa shape index (κ3) is 3.07. The largest absolute Gasteiger partial charge is 0.289 e. The first-order valence-electron chi connectivity index (χ1n) is 9.02. The van der Waals surface area contributed by atoms with Crippen molar-refractivity contribution < 1.29 is 13.6 Å². The van der Waals surface area contributed by atoms with Crippen LogP contribution in [0.3, 0.4) is 0 Å². The number of amides is 1. The Morgan fingerprint density at radius 3 is 2.77 bits per heavy atom. The van der Waals surface area contributed by atoms with Gasteiger partial charge in [-0.1, -0.05) is 0 Å². The molecule has 0 atom stereocenters. The van der Waals surface area contributed by atoms with Crippen LogP contribution in [0.15, 0.2) is 6.33 Å². The maximum absolute atomic E-state index is 15.1. The van der Waals surface area contributed by atoms with E-state index in [1.165, 1.54) is 6.33 Å². The SMILES string of the molecule is Cc1c(CN(C(=O)CCl)c2nc(Cl)n3cnnc3c2F)c(C#N)c(F)c2c1CCC2. The quantitative estimate of drug-likeness (QED) is 0.448. The fourth-order valence-electron chi connectivity index (χ4n) is 3.87. The summed E-state index contributed by atoms with van der Waals surface area (Å²) in [6.07, 6.45) is 3.18.